The summed E-state index contributed by atoms with van der Waals surface area (Å²) in [4.78, 5) is 31.2. The third-order valence-corrected chi connectivity index (χ3v) is 5.34. The van der Waals surface area contributed by atoms with Crippen LogP contribution in [0, 0.1) is 0 Å². The molecule has 0 aromatic carbocycles. The van der Waals surface area contributed by atoms with E-state index in [4.69, 9.17) is 0 Å². The molecule has 0 fully saturated rings. The van der Waals surface area contributed by atoms with Crippen LogP contribution in [0.15, 0.2) is 29.3 Å². The molecule has 0 aliphatic carbocycles. The Bertz CT molecular complexity index is 848. The second-order valence-corrected chi connectivity index (χ2v) is 8.02. The predicted molar refractivity (Wildman–Crippen MR) is 101 cm³/mol. The molecule has 2 aromatic heterocycles. The van der Waals surface area contributed by atoms with Crippen LogP contribution in [0.4, 0.5) is 0 Å². The summed E-state index contributed by atoms with van der Waals surface area (Å²) in [6.45, 7) is 12.3. The van der Waals surface area contributed by atoms with Crippen molar-refractivity contribution in [1.29, 1.82) is 0 Å². The Balaban J connectivity index is 2.43. The Morgan fingerprint density at radius 2 is 1.92 bits per heavy atom. The second kappa shape index (κ2) is 6.71. The first-order valence-electron chi connectivity index (χ1n) is 8.73. The van der Waals surface area contributed by atoms with Crippen molar-refractivity contribution in [3.05, 3.63) is 46.0 Å². The summed E-state index contributed by atoms with van der Waals surface area (Å²) >= 11 is 0. The van der Waals surface area contributed by atoms with E-state index < -0.39 is 5.54 Å². The fraction of sp³-hybridized carbons (Fsp3) is 0.550. The molecular weight excluding hydrogens is 314 g/mol. The van der Waals surface area contributed by atoms with Gasteiger partial charge in [0.05, 0.1) is 11.1 Å². The smallest absolute Gasteiger partial charge is 0.262 e. The molecule has 1 atom stereocenters. The lowest BCUT2D eigenvalue weighted by atomic mass is 9.88. The maximum absolute atomic E-state index is 12.8. The summed E-state index contributed by atoms with van der Waals surface area (Å²) in [6.07, 6.45) is 4.12. The normalized spacial score (nSPS) is 14.7. The van der Waals surface area contributed by atoms with Crippen LogP contribution in [-0.2, 0) is 16.8 Å². The van der Waals surface area contributed by atoms with Crippen molar-refractivity contribution >= 4 is 11.4 Å². The van der Waals surface area contributed by atoms with Crippen molar-refractivity contribution in [3.8, 4) is 0 Å². The van der Waals surface area contributed by atoms with Crippen molar-refractivity contribution < 1.29 is 4.79 Å². The zero-order chi connectivity index (χ0) is 19.0. The van der Waals surface area contributed by atoms with E-state index in [1.807, 2.05) is 37.9 Å². The molecule has 0 unspecified atom stereocenters. The molecule has 0 spiro atoms. The number of fused-ring (bicyclic) bond motifs is 1. The Kier molecular flexibility index (Phi) is 5.19. The van der Waals surface area contributed by atoms with Gasteiger partial charge in [-0.25, -0.2) is 4.98 Å². The van der Waals surface area contributed by atoms with E-state index in [2.05, 4.69) is 25.8 Å². The summed E-state index contributed by atoms with van der Waals surface area (Å²) in [7, 11) is 1.88. The van der Waals surface area contributed by atoms with E-state index in [1.54, 1.807) is 23.7 Å². The van der Waals surface area contributed by atoms with Crippen LogP contribution >= 0.6 is 0 Å². The van der Waals surface area contributed by atoms with Gasteiger partial charge in [-0.1, -0.05) is 27.7 Å². The van der Waals surface area contributed by atoms with Crippen LogP contribution in [0.2, 0.25) is 0 Å². The first-order chi connectivity index (χ1) is 11.5. The highest BCUT2D eigenvalue weighted by Crippen LogP contribution is 2.23. The van der Waals surface area contributed by atoms with E-state index in [-0.39, 0.29) is 16.8 Å². The number of rotatable bonds is 5. The van der Waals surface area contributed by atoms with Gasteiger partial charge in [0.25, 0.3) is 5.56 Å². The van der Waals surface area contributed by atoms with Gasteiger partial charge in [-0.2, -0.15) is 0 Å². The molecule has 0 aliphatic rings. The van der Waals surface area contributed by atoms with Crippen molar-refractivity contribution in [2.75, 3.05) is 7.05 Å². The van der Waals surface area contributed by atoms with Gasteiger partial charge in [0, 0.05) is 18.9 Å². The molecule has 2 rings (SSSR count). The quantitative estimate of drug-likeness (QED) is 0.837. The molecule has 5 nitrogen and oxygen atoms in total. The Hall–Kier alpha value is -2.01. The Labute approximate surface area is 149 Å². The molecule has 0 radical (unpaired) electrons. The average molecular weight is 343 g/mol. The SMILES string of the molecule is CC[C@](C)(C(C)=O)N(C)Cc1cnc2cc(C(C)(C)C)ccn2c1=O. The van der Waals surface area contributed by atoms with Gasteiger partial charge in [0.1, 0.15) is 11.4 Å². The first-order valence-corrected chi connectivity index (χ1v) is 8.73. The number of nitrogens with zero attached hydrogens (tertiary/aromatic N) is 3. The van der Waals surface area contributed by atoms with Gasteiger partial charge >= 0.3 is 0 Å². The number of likely N-dealkylation sites (N-methyl/N-ethyl adjacent to an activating group) is 1. The lowest BCUT2D eigenvalue weighted by molar-refractivity contribution is -0.127. The predicted octanol–water partition coefficient (Wildman–Crippen LogP) is 3.18. The molecular formula is C20H29N3O2. The summed E-state index contributed by atoms with van der Waals surface area (Å²) < 4.78 is 1.58. The first kappa shape index (κ1) is 19.3. The number of hydrogen-bond donors (Lipinski definition) is 0. The molecule has 0 aliphatic heterocycles. The summed E-state index contributed by atoms with van der Waals surface area (Å²) in [6, 6.07) is 3.93. The highest BCUT2D eigenvalue weighted by atomic mass is 16.1. The molecule has 2 heterocycles. The van der Waals surface area contributed by atoms with E-state index in [0.29, 0.717) is 24.2 Å². The number of hydrogen-bond acceptors (Lipinski definition) is 4. The molecule has 2 aromatic rings. The van der Waals surface area contributed by atoms with Gasteiger partial charge in [-0.05, 0) is 50.4 Å². The lowest BCUT2D eigenvalue weighted by Crippen LogP contribution is -2.49. The van der Waals surface area contributed by atoms with Crippen LogP contribution in [0.5, 0.6) is 0 Å². The molecule has 0 amide bonds. The summed E-state index contributed by atoms with van der Waals surface area (Å²) in [5.41, 5.74) is 1.71. The van der Waals surface area contributed by atoms with Crippen LogP contribution in [0.1, 0.15) is 59.1 Å². The number of pyridine rings is 1. The molecule has 5 heteroatoms. The maximum atomic E-state index is 12.8. The number of aromatic nitrogens is 2. The van der Waals surface area contributed by atoms with Crippen LogP contribution in [0.3, 0.4) is 0 Å². The van der Waals surface area contributed by atoms with Gasteiger partial charge in [0.2, 0.25) is 0 Å². The second-order valence-electron chi connectivity index (χ2n) is 8.02. The standard InChI is InChI=1S/C20H29N3O2/c1-8-20(6,14(2)24)22(7)13-15-12-21-17-11-16(19(3,4)5)9-10-23(17)18(15)25/h9-12H,8,13H2,1-7H3/t20-/m1/s1. The lowest BCUT2D eigenvalue weighted by Gasteiger charge is -2.35. The molecule has 25 heavy (non-hydrogen) atoms. The third-order valence-electron chi connectivity index (χ3n) is 5.34. The van der Waals surface area contributed by atoms with E-state index in [9.17, 15) is 9.59 Å². The zero-order valence-electron chi connectivity index (χ0n) is 16.4. The number of Topliss-reactive ketones (excluding diaryl/α,β-unsaturated/α-hetero) is 1. The van der Waals surface area contributed by atoms with Crippen molar-refractivity contribution in [3.63, 3.8) is 0 Å². The zero-order valence-corrected chi connectivity index (χ0v) is 16.4. The highest BCUT2D eigenvalue weighted by Gasteiger charge is 2.32. The fourth-order valence-electron chi connectivity index (χ4n) is 2.91. The average Bonchev–Trinajstić information content (AvgIpc) is 2.55. The minimum absolute atomic E-state index is 0.00277. The topological polar surface area (TPSA) is 54.7 Å². The monoisotopic (exact) mass is 343 g/mol. The molecule has 0 saturated carbocycles. The third kappa shape index (κ3) is 3.66. The number of carbonyl (C=O) groups is 1. The van der Waals surface area contributed by atoms with E-state index in [0.717, 1.165) is 5.56 Å². The van der Waals surface area contributed by atoms with E-state index in [1.165, 1.54) is 0 Å². The molecule has 0 bridgehead atoms. The Morgan fingerprint density at radius 3 is 2.44 bits per heavy atom. The summed E-state index contributed by atoms with van der Waals surface area (Å²) in [5.74, 6) is 0.0983. The van der Waals surface area contributed by atoms with Gasteiger partial charge in [0.15, 0.2) is 0 Å². The number of carbonyl (C=O) groups excluding carboxylic acids is 1. The summed E-state index contributed by atoms with van der Waals surface area (Å²) in [5, 5.41) is 0. The van der Waals surface area contributed by atoms with Crippen molar-refractivity contribution in [2.24, 2.45) is 0 Å². The largest absolute Gasteiger partial charge is 0.298 e. The van der Waals surface area contributed by atoms with Crippen LogP contribution in [0.25, 0.3) is 5.65 Å². The Morgan fingerprint density at radius 1 is 1.28 bits per heavy atom. The fourth-order valence-corrected chi connectivity index (χ4v) is 2.91. The van der Waals surface area contributed by atoms with Gasteiger partial charge in [-0.3, -0.25) is 18.9 Å². The molecule has 0 saturated heterocycles. The van der Waals surface area contributed by atoms with Gasteiger partial charge in [-0.15, -0.1) is 0 Å². The number of ketones is 1. The molecule has 136 valence electrons. The minimum Gasteiger partial charge on any atom is -0.298 e. The van der Waals surface area contributed by atoms with Crippen molar-refractivity contribution in [1.82, 2.24) is 14.3 Å². The van der Waals surface area contributed by atoms with Crippen LogP contribution < -0.4 is 5.56 Å². The van der Waals surface area contributed by atoms with Gasteiger partial charge < -0.3 is 0 Å². The molecule has 0 N–H and O–H groups in total. The van der Waals surface area contributed by atoms with Crippen molar-refractivity contribution in [2.45, 2.75) is 65.5 Å². The maximum Gasteiger partial charge on any atom is 0.262 e. The van der Waals surface area contributed by atoms with Crippen LogP contribution in [-0.4, -0.2) is 32.7 Å². The highest BCUT2D eigenvalue weighted by molar-refractivity contribution is 5.85. The minimum atomic E-state index is -0.581. The van der Waals surface area contributed by atoms with E-state index >= 15 is 0 Å².